The summed E-state index contributed by atoms with van der Waals surface area (Å²) in [5, 5.41) is 15.3. The largest absolute Gasteiger partial charge is 0.387 e. The van der Waals surface area contributed by atoms with E-state index in [9.17, 15) is 19.1 Å². The highest BCUT2D eigenvalue weighted by Gasteiger charge is 2.10. The van der Waals surface area contributed by atoms with E-state index in [0.717, 1.165) is 5.56 Å². The Labute approximate surface area is 139 Å². The molecule has 2 aromatic carbocycles. The summed E-state index contributed by atoms with van der Waals surface area (Å²) in [4.78, 5) is 22.9. The highest BCUT2D eigenvalue weighted by atomic mass is 19.1. The fourth-order valence-electron chi connectivity index (χ4n) is 2.17. The molecule has 0 heterocycles. The molecule has 2 aromatic rings. The number of aliphatic hydroxyl groups is 1. The van der Waals surface area contributed by atoms with Crippen molar-refractivity contribution in [3.63, 3.8) is 0 Å². The van der Waals surface area contributed by atoms with E-state index in [2.05, 4.69) is 10.6 Å². The monoisotopic (exact) mass is 330 g/mol. The van der Waals surface area contributed by atoms with E-state index in [1.807, 2.05) is 0 Å². The Bertz CT molecular complexity index is 699. The van der Waals surface area contributed by atoms with Gasteiger partial charge in [0.15, 0.2) is 0 Å². The van der Waals surface area contributed by atoms with Crippen LogP contribution in [-0.2, 0) is 16.0 Å². The van der Waals surface area contributed by atoms with E-state index in [1.165, 1.54) is 31.2 Å². The summed E-state index contributed by atoms with van der Waals surface area (Å²) < 4.78 is 12.8. The maximum Gasteiger partial charge on any atom is 0.224 e. The quantitative estimate of drug-likeness (QED) is 0.759. The zero-order valence-corrected chi connectivity index (χ0v) is 13.3. The van der Waals surface area contributed by atoms with Gasteiger partial charge in [-0.15, -0.1) is 0 Å². The van der Waals surface area contributed by atoms with Crippen LogP contribution in [0.3, 0.4) is 0 Å². The molecule has 2 amide bonds. The zero-order chi connectivity index (χ0) is 17.5. The number of carbonyl (C=O) groups excluding carboxylic acids is 2. The van der Waals surface area contributed by atoms with Crippen molar-refractivity contribution < 1.29 is 19.1 Å². The molecule has 2 rings (SSSR count). The molecule has 3 N–H and O–H groups in total. The number of anilines is 1. The van der Waals surface area contributed by atoms with Gasteiger partial charge in [0.05, 0.1) is 12.5 Å². The van der Waals surface area contributed by atoms with Gasteiger partial charge in [-0.2, -0.15) is 0 Å². The van der Waals surface area contributed by atoms with Gasteiger partial charge in [0.1, 0.15) is 5.82 Å². The predicted molar refractivity (Wildman–Crippen MR) is 88.8 cm³/mol. The maximum absolute atomic E-state index is 12.8. The number of hydrogen-bond acceptors (Lipinski definition) is 3. The normalized spacial score (nSPS) is 11.6. The van der Waals surface area contributed by atoms with Crippen LogP contribution in [0.1, 0.15) is 24.2 Å². The molecule has 0 aromatic heterocycles. The second kappa shape index (κ2) is 8.21. The minimum Gasteiger partial charge on any atom is -0.387 e. The van der Waals surface area contributed by atoms with E-state index in [1.54, 1.807) is 24.3 Å². The van der Waals surface area contributed by atoms with Crippen molar-refractivity contribution in [1.82, 2.24) is 5.32 Å². The molecule has 0 radical (unpaired) electrons. The summed E-state index contributed by atoms with van der Waals surface area (Å²) in [6.07, 6.45) is -0.729. The number of rotatable bonds is 6. The fraction of sp³-hybridized carbons (Fsp3) is 0.222. The Morgan fingerprint density at radius 3 is 2.29 bits per heavy atom. The Hall–Kier alpha value is -2.73. The number of benzene rings is 2. The summed E-state index contributed by atoms with van der Waals surface area (Å²) >= 11 is 0. The first-order valence-electron chi connectivity index (χ1n) is 7.51. The van der Waals surface area contributed by atoms with E-state index in [4.69, 9.17) is 0 Å². The van der Waals surface area contributed by atoms with Crippen LogP contribution in [-0.4, -0.2) is 23.5 Å². The molecule has 0 fully saturated rings. The van der Waals surface area contributed by atoms with E-state index in [-0.39, 0.29) is 30.6 Å². The van der Waals surface area contributed by atoms with Crippen LogP contribution in [0.2, 0.25) is 0 Å². The summed E-state index contributed by atoms with van der Waals surface area (Å²) in [6, 6.07) is 12.4. The number of hydrogen-bond donors (Lipinski definition) is 3. The highest BCUT2D eigenvalue weighted by molar-refractivity contribution is 5.88. The lowest BCUT2D eigenvalue weighted by Gasteiger charge is -2.12. The molecule has 5 nitrogen and oxygen atoms in total. The number of aliphatic hydroxyl groups excluding tert-OH is 1. The van der Waals surface area contributed by atoms with E-state index < -0.39 is 6.10 Å². The molecule has 1 atom stereocenters. The molecule has 0 aliphatic rings. The van der Waals surface area contributed by atoms with Gasteiger partial charge in [0.25, 0.3) is 0 Å². The Balaban J connectivity index is 1.82. The van der Waals surface area contributed by atoms with Gasteiger partial charge in [-0.1, -0.05) is 24.3 Å². The molecule has 0 spiro atoms. The molecule has 24 heavy (non-hydrogen) atoms. The summed E-state index contributed by atoms with van der Waals surface area (Å²) in [5.74, 6) is -0.767. The average molecular weight is 330 g/mol. The predicted octanol–water partition coefficient (Wildman–Crippen LogP) is 2.18. The number of halogens is 1. The topological polar surface area (TPSA) is 78.4 Å². The van der Waals surface area contributed by atoms with Gasteiger partial charge in [-0.3, -0.25) is 9.59 Å². The first kappa shape index (κ1) is 17.6. The third-order valence-corrected chi connectivity index (χ3v) is 3.39. The smallest absolute Gasteiger partial charge is 0.224 e. The Morgan fingerprint density at radius 2 is 1.71 bits per heavy atom. The first-order chi connectivity index (χ1) is 11.4. The standard InChI is InChI=1S/C18H19FN2O3/c1-12(22)21-16-8-2-13(3-9-16)10-18(24)20-11-17(23)14-4-6-15(19)7-5-14/h2-9,17,23H,10-11H2,1H3,(H,20,24)(H,21,22). The van der Waals surface area contributed by atoms with Crippen molar-refractivity contribution in [2.24, 2.45) is 0 Å². The third-order valence-electron chi connectivity index (χ3n) is 3.39. The lowest BCUT2D eigenvalue weighted by molar-refractivity contribution is -0.121. The second-order valence-corrected chi connectivity index (χ2v) is 5.43. The van der Waals surface area contributed by atoms with Crippen molar-refractivity contribution in [3.05, 3.63) is 65.5 Å². The molecule has 0 aliphatic heterocycles. The van der Waals surface area contributed by atoms with Gasteiger partial charge >= 0.3 is 0 Å². The highest BCUT2D eigenvalue weighted by Crippen LogP contribution is 2.13. The Kier molecular flexibility index (Phi) is 6.03. The number of carbonyl (C=O) groups is 2. The van der Waals surface area contributed by atoms with Crippen LogP contribution in [0.15, 0.2) is 48.5 Å². The summed E-state index contributed by atoms with van der Waals surface area (Å²) in [7, 11) is 0. The van der Waals surface area contributed by atoms with Gasteiger partial charge in [0, 0.05) is 19.2 Å². The van der Waals surface area contributed by atoms with Gasteiger partial charge < -0.3 is 15.7 Å². The molecular formula is C18H19FN2O3. The fourth-order valence-corrected chi connectivity index (χ4v) is 2.17. The summed E-state index contributed by atoms with van der Waals surface area (Å²) in [6.45, 7) is 1.47. The van der Waals surface area contributed by atoms with E-state index in [0.29, 0.717) is 11.3 Å². The molecule has 0 aliphatic carbocycles. The van der Waals surface area contributed by atoms with Crippen molar-refractivity contribution in [2.75, 3.05) is 11.9 Å². The van der Waals surface area contributed by atoms with Crippen LogP contribution in [0, 0.1) is 5.82 Å². The minimum absolute atomic E-state index is 0.0500. The lowest BCUT2D eigenvalue weighted by Crippen LogP contribution is -2.29. The SMILES string of the molecule is CC(=O)Nc1ccc(CC(=O)NCC(O)c2ccc(F)cc2)cc1. The van der Waals surface area contributed by atoms with Crippen LogP contribution >= 0.6 is 0 Å². The minimum atomic E-state index is -0.892. The van der Waals surface area contributed by atoms with Crippen LogP contribution < -0.4 is 10.6 Å². The molecule has 126 valence electrons. The van der Waals surface area contributed by atoms with Crippen LogP contribution in [0.5, 0.6) is 0 Å². The van der Waals surface area contributed by atoms with Crippen molar-refractivity contribution in [3.8, 4) is 0 Å². The van der Waals surface area contributed by atoms with Gasteiger partial charge in [-0.25, -0.2) is 4.39 Å². The average Bonchev–Trinajstić information content (AvgIpc) is 2.54. The van der Waals surface area contributed by atoms with Crippen molar-refractivity contribution in [2.45, 2.75) is 19.4 Å². The number of nitrogens with one attached hydrogen (secondary N) is 2. The molecule has 1 unspecified atom stereocenters. The molecule has 0 bridgehead atoms. The van der Waals surface area contributed by atoms with Gasteiger partial charge in [-0.05, 0) is 35.4 Å². The Morgan fingerprint density at radius 1 is 1.08 bits per heavy atom. The third kappa shape index (κ3) is 5.48. The molecular weight excluding hydrogens is 311 g/mol. The number of amides is 2. The first-order valence-corrected chi connectivity index (χ1v) is 7.51. The van der Waals surface area contributed by atoms with Crippen molar-refractivity contribution >= 4 is 17.5 Å². The van der Waals surface area contributed by atoms with Crippen LogP contribution in [0.4, 0.5) is 10.1 Å². The zero-order valence-electron chi connectivity index (χ0n) is 13.3. The summed E-state index contributed by atoms with van der Waals surface area (Å²) in [5.41, 5.74) is 1.99. The van der Waals surface area contributed by atoms with E-state index >= 15 is 0 Å². The lowest BCUT2D eigenvalue weighted by atomic mass is 10.1. The maximum atomic E-state index is 12.8. The molecule has 6 heteroatoms. The second-order valence-electron chi connectivity index (χ2n) is 5.43. The van der Waals surface area contributed by atoms with Crippen LogP contribution in [0.25, 0.3) is 0 Å². The molecule has 0 saturated carbocycles. The van der Waals surface area contributed by atoms with Gasteiger partial charge in [0.2, 0.25) is 11.8 Å². The van der Waals surface area contributed by atoms with Crippen molar-refractivity contribution in [1.29, 1.82) is 0 Å². The molecule has 0 saturated heterocycles.